The predicted octanol–water partition coefficient (Wildman–Crippen LogP) is 5.41. The van der Waals surface area contributed by atoms with Gasteiger partial charge in [0.25, 0.3) is 0 Å². The minimum Gasteiger partial charge on any atom is -0.493 e. The van der Waals surface area contributed by atoms with E-state index in [1.54, 1.807) is 17.0 Å². The summed E-state index contributed by atoms with van der Waals surface area (Å²) in [5, 5.41) is 0. The maximum absolute atomic E-state index is 13.5. The largest absolute Gasteiger partial charge is 0.493 e. The minimum absolute atomic E-state index is 0.188. The molecule has 1 aliphatic rings. The quantitative estimate of drug-likeness (QED) is 0.449. The van der Waals surface area contributed by atoms with Crippen molar-refractivity contribution in [1.29, 1.82) is 0 Å². The Bertz CT molecular complexity index is 1180. The highest BCUT2D eigenvalue weighted by Crippen LogP contribution is 2.42. The number of rotatable bonds is 7. The van der Waals surface area contributed by atoms with Gasteiger partial charge in [0.1, 0.15) is 6.61 Å². The average Bonchev–Trinajstić information content (AvgIpc) is 2.87. The number of fused-ring (bicyclic) bond motifs is 1. The third-order valence-electron chi connectivity index (χ3n) is 6.06. The lowest BCUT2D eigenvalue weighted by Crippen LogP contribution is -2.42. The molecule has 8 heteroatoms. The molecule has 0 radical (unpaired) electrons. The second-order valence-corrected chi connectivity index (χ2v) is 8.25. The van der Waals surface area contributed by atoms with Gasteiger partial charge in [0.2, 0.25) is 5.91 Å². The molecule has 5 nitrogen and oxygen atoms in total. The van der Waals surface area contributed by atoms with Crippen LogP contribution in [0.2, 0.25) is 0 Å². The Morgan fingerprint density at radius 1 is 0.971 bits per heavy atom. The zero-order chi connectivity index (χ0) is 25.0. The zero-order valence-corrected chi connectivity index (χ0v) is 19.5. The van der Waals surface area contributed by atoms with Gasteiger partial charge in [-0.05, 0) is 52.9 Å². The van der Waals surface area contributed by atoms with Crippen LogP contribution in [-0.2, 0) is 28.7 Å². The van der Waals surface area contributed by atoms with Crippen molar-refractivity contribution in [3.05, 3.63) is 94.5 Å². The highest BCUT2D eigenvalue weighted by atomic mass is 19.4. The van der Waals surface area contributed by atoms with Gasteiger partial charge in [-0.2, -0.15) is 13.2 Å². The molecule has 1 aliphatic heterocycles. The molecule has 1 atom stereocenters. The number of benzene rings is 3. The molecule has 3 aromatic carbocycles. The van der Waals surface area contributed by atoms with E-state index in [-0.39, 0.29) is 19.1 Å². The number of alkyl halides is 3. The summed E-state index contributed by atoms with van der Waals surface area (Å²) in [7, 11) is 3.02. The van der Waals surface area contributed by atoms with E-state index in [1.807, 2.05) is 36.4 Å². The summed E-state index contributed by atoms with van der Waals surface area (Å²) in [6, 6.07) is 17.4. The highest BCUT2D eigenvalue weighted by Gasteiger charge is 2.36. The number of carbonyl (C=O) groups is 1. The van der Waals surface area contributed by atoms with Crippen molar-refractivity contribution in [3.8, 4) is 11.5 Å². The molecule has 1 heterocycles. The van der Waals surface area contributed by atoms with Gasteiger partial charge in [-0.3, -0.25) is 4.79 Å². The first-order valence-electron chi connectivity index (χ1n) is 11.1. The standard InChI is InChI=1S/C27H26F3NO4/c1-33-23-14-19-11-12-31(25(32)17-35-16-18-7-4-3-5-8-18)26(22(19)15-24(23)34-2)20-9-6-10-21(13-20)27(28,29)30/h3-10,13-15,26H,11-12,16-17H2,1-2H3/t26-/m1/s1. The fraction of sp³-hybridized carbons (Fsp3) is 0.296. The number of ether oxygens (including phenoxy) is 3. The van der Waals surface area contributed by atoms with Crippen molar-refractivity contribution in [3.63, 3.8) is 0 Å². The molecule has 4 rings (SSSR count). The van der Waals surface area contributed by atoms with Crippen LogP contribution in [0.1, 0.15) is 33.9 Å². The Morgan fingerprint density at radius 2 is 1.69 bits per heavy atom. The second-order valence-electron chi connectivity index (χ2n) is 8.25. The molecular formula is C27H26F3NO4. The second kappa shape index (κ2) is 10.4. The van der Waals surface area contributed by atoms with Crippen LogP contribution in [0, 0.1) is 0 Å². The van der Waals surface area contributed by atoms with Crippen LogP contribution in [0.15, 0.2) is 66.7 Å². The third-order valence-corrected chi connectivity index (χ3v) is 6.06. The van der Waals surface area contributed by atoms with Gasteiger partial charge in [0.05, 0.1) is 32.4 Å². The first-order chi connectivity index (χ1) is 16.8. The SMILES string of the molecule is COc1cc2c(cc1OC)[C@@H](c1cccc(C(F)(F)F)c1)N(C(=O)COCc1ccccc1)CC2. The van der Waals surface area contributed by atoms with E-state index >= 15 is 0 Å². The third kappa shape index (κ3) is 5.43. The lowest BCUT2D eigenvalue weighted by Gasteiger charge is -2.38. The fourth-order valence-electron chi connectivity index (χ4n) is 4.37. The molecule has 0 fully saturated rings. The summed E-state index contributed by atoms with van der Waals surface area (Å²) < 4.78 is 57.0. The van der Waals surface area contributed by atoms with Crippen LogP contribution in [0.4, 0.5) is 13.2 Å². The molecule has 0 saturated carbocycles. The predicted molar refractivity (Wildman–Crippen MR) is 124 cm³/mol. The number of hydrogen-bond donors (Lipinski definition) is 0. The molecular weight excluding hydrogens is 459 g/mol. The van der Waals surface area contributed by atoms with E-state index in [9.17, 15) is 18.0 Å². The van der Waals surface area contributed by atoms with Crippen LogP contribution in [0.3, 0.4) is 0 Å². The first-order valence-corrected chi connectivity index (χ1v) is 11.1. The van der Waals surface area contributed by atoms with Crippen LogP contribution >= 0.6 is 0 Å². The Hall–Kier alpha value is -3.52. The molecule has 0 aliphatic carbocycles. The monoisotopic (exact) mass is 485 g/mol. The average molecular weight is 486 g/mol. The molecule has 35 heavy (non-hydrogen) atoms. The Morgan fingerprint density at radius 3 is 2.37 bits per heavy atom. The van der Waals surface area contributed by atoms with E-state index in [0.29, 0.717) is 35.6 Å². The number of amides is 1. The zero-order valence-electron chi connectivity index (χ0n) is 19.5. The Balaban J connectivity index is 1.69. The molecule has 3 aromatic rings. The molecule has 1 amide bonds. The minimum atomic E-state index is -4.50. The van der Waals surface area contributed by atoms with E-state index in [2.05, 4.69) is 0 Å². The van der Waals surface area contributed by atoms with Crippen molar-refractivity contribution in [2.75, 3.05) is 27.4 Å². The molecule has 0 spiro atoms. The summed E-state index contributed by atoms with van der Waals surface area (Å²) in [5.41, 5.74) is 2.11. The van der Waals surface area contributed by atoms with Gasteiger partial charge in [-0.1, -0.05) is 42.5 Å². The van der Waals surface area contributed by atoms with E-state index in [1.165, 1.54) is 20.3 Å². The number of hydrogen-bond acceptors (Lipinski definition) is 4. The van der Waals surface area contributed by atoms with E-state index < -0.39 is 17.8 Å². The van der Waals surface area contributed by atoms with Crippen LogP contribution in [0.25, 0.3) is 0 Å². The van der Waals surface area contributed by atoms with Gasteiger partial charge in [0.15, 0.2) is 11.5 Å². The highest BCUT2D eigenvalue weighted by molar-refractivity contribution is 5.79. The van der Waals surface area contributed by atoms with Crippen molar-refractivity contribution in [1.82, 2.24) is 4.90 Å². The number of nitrogens with zero attached hydrogens (tertiary/aromatic N) is 1. The maximum Gasteiger partial charge on any atom is 0.416 e. The Labute approximate surface area is 202 Å². The van der Waals surface area contributed by atoms with Crippen molar-refractivity contribution in [2.24, 2.45) is 0 Å². The molecule has 0 saturated heterocycles. The smallest absolute Gasteiger partial charge is 0.416 e. The summed E-state index contributed by atoms with van der Waals surface area (Å²) in [6.45, 7) is 0.403. The van der Waals surface area contributed by atoms with Crippen LogP contribution < -0.4 is 9.47 Å². The Kier molecular flexibility index (Phi) is 7.31. The maximum atomic E-state index is 13.5. The summed E-state index contributed by atoms with van der Waals surface area (Å²) in [6.07, 6.45) is -3.98. The number of halogens is 3. The topological polar surface area (TPSA) is 48.0 Å². The van der Waals surface area contributed by atoms with E-state index in [0.717, 1.165) is 23.3 Å². The van der Waals surface area contributed by atoms with E-state index in [4.69, 9.17) is 14.2 Å². The van der Waals surface area contributed by atoms with Gasteiger partial charge in [-0.25, -0.2) is 0 Å². The molecule has 0 unspecified atom stereocenters. The molecule has 0 aromatic heterocycles. The van der Waals surface area contributed by atoms with Gasteiger partial charge in [0, 0.05) is 6.54 Å². The molecule has 0 bridgehead atoms. The van der Waals surface area contributed by atoms with Gasteiger partial charge < -0.3 is 19.1 Å². The fourth-order valence-corrected chi connectivity index (χ4v) is 4.37. The van der Waals surface area contributed by atoms with Crippen LogP contribution in [0.5, 0.6) is 11.5 Å². The number of carbonyl (C=O) groups excluding carboxylic acids is 1. The summed E-state index contributed by atoms with van der Waals surface area (Å²) >= 11 is 0. The summed E-state index contributed by atoms with van der Waals surface area (Å²) in [4.78, 5) is 14.8. The molecule has 0 N–H and O–H groups in total. The van der Waals surface area contributed by atoms with Crippen molar-refractivity contribution >= 4 is 5.91 Å². The lowest BCUT2D eigenvalue weighted by molar-refractivity contribution is -0.138. The van der Waals surface area contributed by atoms with Crippen molar-refractivity contribution in [2.45, 2.75) is 25.2 Å². The first kappa shape index (κ1) is 24.6. The lowest BCUT2D eigenvalue weighted by atomic mass is 9.87. The van der Waals surface area contributed by atoms with Gasteiger partial charge >= 0.3 is 6.18 Å². The van der Waals surface area contributed by atoms with Gasteiger partial charge in [-0.15, -0.1) is 0 Å². The normalized spacial score (nSPS) is 15.5. The van der Waals surface area contributed by atoms with Crippen LogP contribution in [-0.4, -0.2) is 38.2 Å². The molecule has 184 valence electrons. The number of methoxy groups -OCH3 is 2. The summed E-state index contributed by atoms with van der Waals surface area (Å²) in [5.74, 6) is 0.668. The van der Waals surface area contributed by atoms with Crippen molar-refractivity contribution < 1.29 is 32.2 Å².